The van der Waals surface area contributed by atoms with Gasteiger partial charge < -0.3 is 24.1 Å². The lowest BCUT2D eigenvalue weighted by Crippen LogP contribution is -2.47. The van der Waals surface area contributed by atoms with Crippen LogP contribution in [0.5, 0.6) is 0 Å². The van der Waals surface area contributed by atoms with Crippen molar-refractivity contribution in [3.8, 4) is 0 Å². The minimum atomic E-state index is -1.13. The molecule has 0 unspecified atom stereocenters. The Kier molecular flexibility index (Phi) is 7.61. The largest absolute Gasteiger partial charge is 0.494 e. The van der Waals surface area contributed by atoms with E-state index in [4.69, 9.17) is 18.8 Å². The molecule has 7 nitrogen and oxygen atoms in total. The summed E-state index contributed by atoms with van der Waals surface area (Å²) in [7, 11) is -0.708. The zero-order valence-electron chi connectivity index (χ0n) is 21.4. The van der Waals surface area contributed by atoms with E-state index in [1.54, 1.807) is 53.7 Å². The summed E-state index contributed by atoms with van der Waals surface area (Å²) >= 11 is 0. The summed E-state index contributed by atoms with van der Waals surface area (Å²) in [6.45, 7) is 18.0. The smallest absolute Gasteiger partial charge is 0.458 e. The van der Waals surface area contributed by atoms with Gasteiger partial charge >= 0.3 is 19.2 Å². The van der Waals surface area contributed by atoms with Crippen LogP contribution in [0, 0.1) is 5.82 Å². The second kappa shape index (κ2) is 9.26. The van der Waals surface area contributed by atoms with Crippen molar-refractivity contribution in [1.29, 1.82) is 0 Å². The molecule has 33 heavy (non-hydrogen) atoms. The molecule has 1 aliphatic rings. The Labute approximate surface area is 196 Å². The number of carbonyl (C=O) groups is 2. The molecule has 1 saturated heterocycles. The van der Waals surface area contributed by atoms with E-state index in [1.807, 2.05) is 27.7 Å². The van der Waals surface area contributed by atoms with Crippen LogP contribution >= 0.6 is 0 Å². The number of hydrogen-bond donors (Lipinski definition) is 1. The number of rotatable bonds is 5. The Balaban J connectivity index is 2.23. The molecule has 1 aliphatic heterocycles. The maximum absolute atomic E-state index is 15.1. The molecule has 0 aromatic heterocycles. The standard InChI is InChI=1S/C24H37BFNO6/c1-21(2,3)30-19(28)18(27-20(29)31-22(4,5)6)13-15-11-12-16(14-17(15)26)25-32-23(7,8)24(9,10)33-25/h11-12,14,18H,13H2,1-10H3,(H,27,29)/t18-/m1/s1/i26-1. The lowest BCUT2D eigenvalue weighted by Gasteiger charge is -2.32. The van der Waals surface area contributed by atoms with E-state index in [1.165, 1.54) is 6.07 Å². The van der Waals surface area contributed by atoms with Crippen molar-refractivity contribution in [2.75, 3.05) is 0 Å². The first-order valence-electron chi connectivity index (χ1n) is 11.2. The number of benzene rings is 1. The van der Waals surface area contributed by atoms with E-state index in [9.17, 15) is 9.59 Å². The molecule has 0 saturated carbocycles. The Bertz CT molecular complexity index is 872. The predicted octanol–water partition coefficient (Wildman–Crippen LogP) is 3.90. The molecule has 1 N–H and O–H groups in total. The first kappa shape index (κ1) is 27.1. The lowest BCUT2D eigenvalue weighted by molar-refractivity contribution is -0.157. The molecule has 1 atom stereocenters. The molecular formula is C24H37BFNO6. The quantitative estimate of drug-likeness (QED) is 0.526. The predicted molar refractivity (Wildman–Crippen MR) is 125 cm³/mol. The minimum absolute atomic E-state index is 0.108. The van der Waals surface area contributed by atoms with Crippen LogP contribution < -0.4 is 10.8 Å². The highest BCUT2D eigenvalue weighted by atomic mass is 18.2. The fourth-order valence-electron chi connectivity index (χ4n) is 3.09. The van der Waals surface area contributed by atoms with Crippen LogP contribution in [0.4, 0.5) is 9.18 Å². The number of hydrogen-bond acceptors (Lipinski definition) is 6. The minimum Gasteiger partial charge on any atom is -0.458 e. The maximum atomic E-state index is 15.1. The zero-order valence-corrected chi connectivity index (χ0v) is 21.4. The van der Waals surface area contributed by atoms with Crippen LogP contribution in [0.15, 0.2) is 18.2 Å². The lowest BCUT2D eigenvalue weighted by atomic mass is 9.78. The maximum Gasteiger partial charge on any atom is 0.494 e. The van der Waals surface area contributed by atoms with Gasteiger partial charge in [0.25, 0.3) is 0 Å². The highest BCUT2D eigenvalue weighted by molar-refractivity contribution is 6.62. The summed E-state index contributed by atoms with van der Waals surface area (Å²) in [5.41, 5.74) is -1.86. The molecule has 1 aromatic rings. The van der Waals surface area contributed by atoms with Crippen LogP contribution in [-0.4, -0.2) is 47.6 Å². The van der Waals surface area contributed by atoms with Gasteiger partial charge in [0.2, 0.25) is 0 Å². The van der Waals surface area contributed by atoms with Crippen molar-refractivity contribution in [3.63, 3.8) is 0 Å². The first-order chi connectivity index (χ1) is 14.8. The van der Waals surface area contributed by atoms with Gasteiger partial charge in [0.15, 0.2) is 0 Å². The van der Waals surface area contributed by atoms with Crippen LogP contribution in [0.25, 0.3) is 0 Å². The fourth-order valence-corrected chi connectivity index (χ4v) is 3.09. The number of esters is 1. The van der Waals surface area contributed by atoms with Gasteiger partial charge in [-0.15, -0.1) is 0 Å². The van der Waals surface area contributed by atoms with E-state index in [0.717, 1.165) is 0 Å². The molecule has 1 fully saturated rings. The molecule has 0 bridgehead atoms. The van der Waals surface area contributed by atoms with Gasteiger partial charge in [-0.3, -0.25) is 0 Å². The van der Waals surface area contributed by atoms with Gasteiger partial charge in [-0.05, 0) is 86.3 Å². The highest BCUT2D eigenvalue weighted by Gasteiger charge is 2.51. The number of amides is 1. The summed E-state index contributed by atoms with van der Waals surface area (Å²) in [5, 5.41) is 2.51. The van der Waals surface area contributed by atoms with Crippen molar-refractivity contribution >= 4 is 24.6 Å². The van der Waals surface area contributed by atoms with Crippen molar-refractivity contribution in [2.45, 2.75) is 104 Å². The monoisotopic (exact) mass is 464 g/mol. The van der Waals surface area contributed by atoms with E-state index in [2.05, 4.69) is 5.32 Å². The average molecular weight is 464 g/mol. The van der Waals surface area contributed by atoms with E-state index < -0.39 is 53.4 Å². The fraction of sp³-hybridized carbons (Fsp3) is 0.667. The average Bonchev–Trinajstić information content (AvgIpc) is 2.80. The second-order valence-electron chi connectivity index (χ2n) is 11.4. The van der Waals surface area contributed by atoms with Crippen molar-refractivity contribution < 1.29 is 32.8 Å². The zero-order chi connectivity index (χ0) is 25.4. The van der Waals surface area contributed by atoms with Gasteiger partial charge in [0, 0.05) is 6.42 Å². The van der Waals surface area contributed by atoms with E-state index in [-0.39, 0.29) is 12.0 Å². The van der Waals surface area contributed by atoms with Crippen LogP contribution in [0.1, 0.15) is 74.8 Å². The molecule has 0 aliphatic carbocycles. The molecule has 184 valence electrons. The highest BCUT2D eigenvalue weighted by Crippen LogP contribution is 2.36. The van der Waals surface area contributed by atoms with Crippen LogP contribution in [0.3, 0.4) is 0 Å². The molecule has 1 amide bonds. The molecule has 1 aromatic carbocycles. The molecule has 9 heteroatoms. The molecule has 0 spiro atoms. The number of nitrogens with one attached hydrogen (secondary N) is 1. The number of ether oxygens (including phenoxy) is 2. The number of halogens is 1. The van der Waals surface area contributed by atoms with Crippen molar-refractivity contribution in [2.24, 2.45) is 0 Å². The molecule has 2 rings (SSSR count). The number of alkyl carbamates (subject to hydrolysis) is 1. The van der Waals surface area contributed by atoms with Crippen LogP contribution in [-0.2, 0) is 30.0 Å². The Morgan fingerprint density at radius 2 is 1.52 bits per heavy atom. The van der Waals surface area contributed by atoms with Gasteiger partial charge in [-0.2, -0.15) is 0 Å². The SMILES string of the molecule is CC(C)(C)OC(=O)N[C@H](Cc1ccc(B2OC(C)(C)C(C)(C)O2)cc1[18F])C(=O)OC(C)(C)C. The van der Waals surface area contributed by atoms with Crippen molar-refractivity contribution in [3.05, 3.63) is 29.6 Å². The molecule has 1 heterocycles. The van der Waals surface area contributed by atoms with Crippen LogP contribution in [0.2, 0.25) is 0 Å². The summed E-state index contributed by atoms with van der Waals surface area (Å²) in [6, 6.07) is 3.46. The molecular weight excluding hydrogens is 427 g/mol. The Morgan fingerprint density at radius 1 is 1.00 bits per heavy atom. The normalized spacial score (nSPS) is 18.6. The second-order valence-corrected chi connectivity index (χ2v) is 11.4. The summed E-state index contributed by atoms with van der Waals surface area (Å²) in [6.07, 6.45) is -0.892. The number of carbonyl (C=O) groups excluding carboxylic acids is 2. The van der Waals surface area contributed by atoms with Gasteiger partial charge in [0.05, 0.1) is 11.2 Å². The Morgan fingerprint density at radius 3 is 1.97 bits per heavy atom. The van der Waals surface area contributed by atoms with Gasteiger partial charge in [0.1, 0.15) is 23.1 Å². The van der Waals surface area contributed by atoms with Gasteiger partial charge in [-0.25, -0.2) is 14.0 Å². The summed E-state index contributed by atoms with van der Waals surface area (Å²) in [4.78, 5) is 25.0. The van der Waals surface area contributed by atoms with Crippen molar-refractivity contribution in [1.82, 2.24) is 5.32 Å². The third kappa shape index (κ3) is 7.44. The topological polar surface area (TPSA) is 83.1 Å². The van der Waals surface area contributed by atoms with E-state index in [0.29, 0.717) is 5.46 Å². The summed E-state index contributed by atoms with van der Waals surface area (Å²) in [5.74, 6) is -1.22. The third-order valence-corrected chi connectivity index (χ3v) is 5.41. The molecule has 0 radical (unpaired) electrons. The Hall–Kier alpha value is -2.13. The first-order valence-corrected chi connectivity index (χ1v) is 11.2. The third-order valence-electron chi connectivity index (χ3n) is 5.41. The van der Waals surface area contributed by atoms with Gasteiger partial charge in [-0.1, -0.05) is 12.1 Å². The van der Waals surface area contributed by atoms with E-state index >= 15 is 4.39 Å². The summed E-state index contributed by atoms with van der Waals surface area (Å²) < 4.78 is 37.7.